The van der Waals surface area contributed by atoms with E-state index in [-0.39, 0.29) is 5.54 Å². The topological polar surface area (TPSA) is 60.1 Å². The molecule has 1 atom stereocenters. The molecule has 1 aromatic rings. The molecule has 2 aliphatic heterocycles. The van der Waals surface area contributed by atoms with E-state index in [4.69, 9.17) is 15.2 Å². The summed E-state index contributed by atoms with van der Waals surface area (Å²) in [6.07, 6.45) is 0. The Balaban J connectivity index is 1.98. The Morgan fingerprint density at radius 3 is 2.67 bits per heavy atom. The van der Waals surface area contributed by atoms with Crippen molar-refractivity contribution in [3.05, 3.63) is 23.8 Å². The molecular weight excluding hydrogens is 230 g/mol. The molecule has 0 amide bonds. The van der Waals surface area contributed by atoms with Gasteiger partial charge in [-0.3, -0.25) is 4.99 Å². The van der Waals surface area contributed by atoms with Crippen molar-refractivity contribution in [1.29, 1.82) is 0 Å². The number of rotatable bonds is 1. The average Bonchev–Trinajstić information content (AvgIpc) is 2.67. The van der Waals surface area contributed by atoms with Crippen molar-refractivity contribution in [3.63, 3.8) is 0 Å². The van der Waals surface area contributed by atoms with Gasteiger partial charge in [-0.15, -0.1) is 0 Å². The number of benzene rings is 1. The van der Waals surface area contributed by atoms with Crippen LogP contribution in [0.4, 0.5) is 0 Å². The van der Waals surface area contributed by atoms with E-state index in [1.54, 1.807) is 0 Å². The third-order valence-corrected chi connectivity index (χ3v) is 3.80. The molecule has 2 aliphatic rings. The van der Waals surface area contributed by atoms with Crippen molar-refractivity contribution >= 4 is 5.96 Å². The maximum atomic E-state index is 5.85. The molecule has 0 radical (unpaired) electrons. The van der Waals surface area contributed by atoms with E-state index >= 15 is 0 Å². The van der Waals surface area contributed by atoms with Gasteiger partial charge in [-0.05, 0) is 24.6 Å². The van der Waals surface area contributed by atoms with Crippen LogP contribution in [0.25, 0.3) is 0 Å². The van der Waals surface area contributed by atoms with Crippen LogP contribution >= 0.6 is 0 Å². The largest absolute Gasteiger partial charge is 0.486 e. The van der Waals surface area contributed by atoms with Gasteiger partial charge in [0.25, 0.3) is 0 Å². The van der Waals surface area contributed by atoms with Crippen LogP contribution in [0.15, 0.2) is 23.2 Å². The number of nitrogens with two attached hydrogens (primary N) is 1. The first-order valence-electron chi connectivity index (χ1n) is 6.05. The van der Waals surface area contributed by atoms with Crippen LogP contribution in [0.3, 0.4) is 0 Å². The molecule has 0 aromatic heterocycles. The lowest BCUT2D eigenvalue weighted by Gasteiger charge is -2.34. The van der Waals surface area contributed by atoms with Crippen molar-refractivity contribution in [1.82, 2.24) is 4.90 Å². The summed E-state index contributed by atoms with van der Waals surface area (Å²) in [6.45, 7) is 4.00. The highest BCUT2D eigenvalue weighted by Crippen LogP contribution is 2.37. The van der Waals surface area contributed by atoms with Crippen molar-refractivity contribution in [2.45, 2.75) is 12.5 Å². The molecule has 0 fully saturated rings. The molecule has 3 rings (SSSR count). The number of fused-ring (bicyclic) bond motifs is 1. The molecule has 0 saturated heterocycles. The monoisotopic (exact) mass is 247 g/mol. The Labute approximate surface area is 106 Å². The van der Waals surface area contributed by atoms with Gasteiger partial charge in [0.15, 0.2) is 17.5 Å². The number of hydrogen-bond acceptors (Lipinski definition) is 5. The van der Waals surface area contributed by atoms with Crippen LogP contribution in [-0.4, -0.2) is 37.7 Å². The van der Waals surface area contributed by atoms with Gasteiger partial charge >= 0.3 is 0 Å². The lowest BCUT2D eigenvalue weighted by atomic mass is 9.91. The van der Waals surface area contributed by atoms with Crippen molar-refractivity contribution in [2.24, 2.45) is 10.7 Å². The van der Waals surface area contributed by atoms with Crippen LogP contribution in [0.1, 0.15) is 12.5 Å². The second-order valence-corrected chi connectivity index (χ2v) is 4.87. The van der Waals surface area contributed by atoms with Gasteiger partial charge in [-0.1, -0.05) is 6.07 Å². The van der Waals surface area contributed by atoms with E-state index in [1.165, 1.54) is 0 Å². The van der Waals surface area contributed by atoms with Gasteiger partial charge in [0, 0.05) is 7.05 Å². The highest BCUT2D eigenvalue weighted by molar-refractivity contribution is 5.81. The molecule has 0 saturated carbocycles. The van der Waals surface area contributed by atoms with Crippen LogP contribution < -0.4 is 15.2 Å². The molecule has 18 heavy (non-hydrogen) atoms. The van der Waals surface area contributed by atoms with Gasteiger partial charge in [0.2, 0.25) is 0 Å². The quantitative estimate of drug-likeness (QED) is 0.802. The first-order chi connectivity index (χ1) is 8.61. The lowest BCUT2D eigenvalue weighted by Crippen LogP contribution is -2.44. The zero-order valence-corrected chi connectivity index (χ0v) is 10.6. The van der Waals surface area contributed by atoms with Crippen LogP contribution in [-0.2, 0) is 5.54 Å². The second-order valence-electron chi connectivity index (χ2n) is 4.87. The van der Waals surface area contributed by atoms with E-state index < -0.39 is 0 Å². The summed E-state index contributed by atoms with van der Waals surface area (Å²) in [5.74, 6) is 2.19. The summed E-state index contributed by atoms with van der Waals surface area (Å²) in [5, 5.41) is 0. The zero-order valence-electron chi connectivity index (χ0n) is 10.6. The molecule has 2 N–H and O–H groups in total. The molecule has 96 valence electrons. The fraction of sp³-hybridized carbons (Fsp3) is 0.462. The van der Waals surface area contributed by atoms with Crippen LogP contribution in [0.2, 0.25) is 0 Å². The van der Waals surface area contributed by atoms with E-state index in [0.29, 0.717) is 25.7 Å². The second kappa shape index (κ2) is 3.80. The number of hydrogen-bond donors (Lipinski definition) is 1. The molecular formula is C13H17N3O2. The molecule has 5 heteroatoms. The van der Waals surface area contributed by atoms with Crippen molar-refractivity contribution in [2.75, 3.05) is 26.8 Å². The Kier molecular flexibility index (Phi) is 2.36. The minimum Gasteiger partial charge on any atom is -0.486 e. The Morgan fingerprint density at radius 1 is 1.28 bits per heavy atom. The molecule has 5 nitrogen and oxygen atoms in total. The number of likely N-dealkylation sites (N-methyl/N-ethyl adjacent to an activating group) is 1. The summed E-state index contributed by atoms with van der Waals surface area (Å²) in [4.78, 5) is 6.31. The van der Waals surface area contributed by atoms with Crippen LogP contribution in [0, 0.1) is 0 Å². The van der Waals surface area contributed by atoms with Gasteiger partial charge < -0.3 is 20.1 Å². The van der Waals surface area contributed by atoms with Gasteiger partial charge in [-0.25, -0.2) is 0 Å². The zero-order chi connectivity index (χ0) is 12.8. The van der Waals surface area contributed by atoms with Gasteiger partial charge in [0.1, 0.15) is 13.2 Å². The normalized spacial score (nSPS) is 26.1. The minimum atomic E-state index is -0.208. The Hall–Kier alpha value is -1.91. The number of aliphatic imine (C=N–C) groups is 1. The highest BCUT2D eigenvalue weighted by Gasteiger charge is 2.37. The number of ether oxygens (including phenoxy) is 2. The van der Waals surface area contributed by atoms with E-state index in [9.17, 15) is 0 Å². The predicted octanol–water partition coefficient (Wildman–Crippen LogP) is 0.933. The lowest BCUT2D eigenvalue weighted by molar-refractivity contribution is 0.170. The Morgan fingerprint density at radius 2 is 2.00 bits per heavy atom. The predicted molar refractivity (Wildman–Crippen MR) is 69.0 cm³/mol. The van der Waals surface area contributed by atoms with E-state index in [0.717, 1.165) is 17.1 Å². The first-order valence-corrected chi connectivity index (χ1v) is 6.05. The minimum absolute atomic E-state index is 0.208. The SMILES string of the molecule is CN1C(N)=NCC1(C)c1ccc2c(c1)OCCO2. The summed E-state index contributed by atoms with van der Waals surface area (Å²) in [5.41, 5.74) is 6.78. The molecule has 0 bridgehead atoms. The number of nitrogens with zero attached hydrogens (tertiary/aromatic N) is 2. The fourth-order valence-corrected chi connectivity index (χ4v) is 2.36. The molecule has 1 unspecified atom stereocenters. The van der Waals surface area contributed by atoms with Crippen molar-refractivity contribution in [3.8, 4) is 11.5 Å². The Bertz CT molecular complexity index is 515. The summed E-state index contributed by atoms with van der Waals surface area (Å²) in [6, 6.07) is 6.04. The molecule has 2 heterocycles. The van der Waals surface area contributed by atoms with Crippen molar-refractivity contribution < 1.29 is 9.47 Å². The fourth-order valence-electron chi connectivity index (χ4n) is 2.36. The molecule has 1 aromatic carbocycles. The van der Waals surface area contributed by atoms with Crippen LogP contribution in [0.5, 0.6) is 11.5 Å². The van der Waals surface area contributed by atoms with Gasteiger partial charge in [-0.2, -0.15) is 0 Å². The van der Waals surface area contributed by atoms with E-state index in [1.807, 2.05) is 24.1 Å². The first kappa shape index (κ1) is 11.2. The third-order valence-electron chi connectivity index (χ3n) is 3.80. The smallest absolute Gasteiger partial charge is 0.191 e. The molecule has 0 aliphatic carbocycles. The maximum absolute atomic E-state index is 5.85. The van der Waals surface area contributed by atoms with Gasteiger partial charge in [0.05, 0.1) is 12.1 Å². The number of guanidine groups is 1. The third kappa shape index (κ3) is 1.50. The average molecular weight is 247 g/mol. The summed E-state index contributed by atoms with van der Waals surface area (Å²) >= 11 is 0. The summed E-state index contributed by atoms with van der Waals surface area (Å²) in [7, 11) is 1.96. The standard InChI is InChI=1S/C13H17N3O2/c1-13(8-15-12(14)16(13)2)9-3-4-10-11(7-9)18-6-5-17-10/h3-4,7H,5-6,8H2,1-2H3,(H2,14,15). The summed E-state index contributed by atoms with van der Waals surface area (Å²) < 4.78 is 11.1. The van der Waals surface area contributed by atoms with E-state index in [2.05, 4.69) is 18.0 Å². The molecule has 0 spiro atoms. The highest BCUT2D eigenvalue weighted by atomic mass is 16.6. The maximum Gasteiger partial charge on any atom is 0.191 e.